The maximum atomic E-state index is 12.5. The number of aromatic nitrogens is 2. The molecule has 0 aliphatic carbocycles. The third-order valence-corrected chi connectivity index (χ3v) is 3.91. The number of aryl methyl sites for hydroxylation is 1. The normalized spacial score (nSPS) is 13.3. The van der Waals surface area contributed by atoms with Gasteiger partial charge in [0.1, 0.15) is 0 Å². The number of ether oxygens (including phenoxy) is 1. The highest BCUT2D eigenvalue weighted by Gasteiger charge is 2.16. The summed E-state index contributed by atoms with van der Waals surface area (Å²) < 4.78 is 5.39. The lowest BCUT2D eigenvalue weighted by Crippen LogP contribution is -2.13. The van der Waals surface area contributed by atoms with Crippen LogP contribution in [-0.2, 0) is 18.0 Å². The van der Waals surface area contributed by atoms with E-state index in [4.69, 9.17) is 4.74 Å². The van der Waals surface area contributed by atoms with E-state index in [-0.39, 0.29) is 5.91 Å². The minimum absolute atomic E-state index is 0.212. The zero-order valence-electron chi connectivity index (χ0n) is 12.1. The third kappa shape index (κ3) is 2.16. The van der Waals surface area contributed by atoms with Gasteiger partial charge in [-0.05, 0) is 42.3 Å². The number of carbonyl (C=O) groups is 1. The van der Waals surface area contributed by atoms with Crippen LogP contribution in [0.2, 0.25) is 0 Å². The highest BCUT2D eigenvalue weighted by Crippen LogP contribution is 2.24. The number of carbonyl (C=O) groups excluding carboxylic acids is 1. The van der Waals surface area contributed by atoms with E-state index in [1.807, 2.05) is 43.3 Å². The Morgan fingerprint density at radius 3 is 2.95 bits per heavy atom. The molecule has 0 radical (unpaired) electrons. The Kier molecular flexibility index (Phi) is 2.94. The molecule has 0 saturated carbocycles. The maximum absolute atomic E-state index is 12.5. The average molecular weight is 293 g/mol. The van der Waals surface area contributed by atoms with Gasteiger partial charge in [-0.2, -0.15) is 5.10 Å². The van der Waals surface area contributed by atoms with E-state index in [1.165, 1.54) is 5.56 Å². The molecule has 2 aromatic carbocycles. The van der Waals surface area contributed by atoms with Crippen molar-refractivity contribution in [3.05, 3.63) is 58.8 Å². The van der Waals surface area contributed by atoms with Gasteiger partial charge < -0.3 is 10.1 Å². The van der Waals surface area contributed by atoms with Gasteiger partial charge >= 0.3 is 0 Å². The summed E-state index contributed by atoms with van der Waals surface area (Å²) in [6.45, 7) is 3.24. The number of benzene rings is 2. The molecule has 0 unspecified atom stereocenters. The second kappa shape index (κ2) is 4.96. The molecular formula is C17H15N3O2. The van der Waals surface area contributed by atoms with Gasteiger partial charge in [-0.3, -0.25) is 9.89 Å². The maximum Gasteiger partial charge on any atom is 0.276 e. The summed E-state index contributed by atoms with van der Waals surface area (Å²) in [5.74, 6) is -0.212. The summed E-state index contributed by atoms with van der Waals surface area (Å²) in [6.07, 6.45) is 0. The molecule has 1 amide bonds. The smallest absolute Gasteiger partial charge is 0.276 e. The highest BCUT2D eigenvalue weighted by molar-refractivity contribution is 6.11. The molecule has 2 N–H and O–H groups in total. The fraction of sp³-hybridized carbons (Fsp3) is 0.176. The minimum atomic E-state index is -0.212. The first-order valence-corrected chi connectivity index (χ1v) is 7.16. The summed E-state index contributed by atoms with van der Waals surface area (Å²) in [6, 6.07) is 11.7. The monoisotopic (exact) mass is 293 g/mol. The van der Waals surface area contributed by atoms with E-state index in [9.17, 15) is 4.79 Å². The number of hydrogen-bond acceptors (Lipinski definition) is 3. The van der Waals surface area contributed by atoms with E-state index >= 15 is 0 Å². The van der Waals surface area contributed by atoms with Gasteiger partial charge in [-0.25, -0.2) is 0 Å². The summed E-state index contributed by atoms with van der Waals surface area (Å²) in [5, 5.41) is 10.8. The van der Waals surface area contributed by atoms with Crippen molar-refractivity contribution in [2.45, 2.75) is 20.1 Å². The van der Waals surface area contributed by atoms with Crippen molar-refractivity contribution >= 4 is 22.5 Å². The first kappa shape index (κ1) is 13.0. The summed E-state index contributed by atoms with van der Waals surface area (Å²) >= 11 is 0. The van der Waals surface area contributed by atoms with Crippen LogP contribution in [0.25, 0.3) is 10.9 Å². The van der Waals surface area contributed by atoms with Gasteiger partial charge in [0.15, 0.2) is 5.69 Å². The molecule has 0 atom stereocenters. The number of fused-ring (bicyclic) bond motifs is 2. The fourth-order valence-electron chi connectivity index (χ4n) is 2.74. The summed E-state index contributed by atoms with van der Waals surface area (Å²) in [5.41, 5.74) is 5.43. The lowest BCUT2D eigenvalue weighted by Gasteiger charge is -2.05. The molecule has 3 aromatic rings. The van der Waals surface area contributed by atoms with Crippen molar-refractivity contribution < 1.29 is 9.53 Å². The molecule has 5 nitrogen and oxygen atoms in total. The van der Waals surface area contributed by atoms with Crippen LogP contribution >= 0.6 is 0 Å². The zero-order chi connectivity index (χ0) is 15.1. The number of amides is 1. The molecular weight excluding hydrogens is 278 g/mol. The highest BCUT2D eigenvalue weighted by atomic mass is 16.5. The molecule has 1 aromatic heterocycles. The number of nitrogens with zero attached hydrogens (tertiary/aromatic N) is 1. The Morgan fingerprint density at radius 2 is 2.05 bits per heavy atom. The molecule has 0 saturated heterocycles. The Hall–Kier alpha value is -2.66. The van der Waals surface area contributed by atoms with Crippen LogP contribution < -0.4 is 5.32 Å². The molecule has 1 aliphatic heterocycles. The molecule has 110 valence electrons. The Labute approximate surface area is 127 Å². The molecule has 4 rings (SSSR count). The number of nitrogens with one attached hydrogen (secondary N) is 2. The van der Waals surface area contributed by atoms with E-state index in [0.29, 0.717) is 18.9 Å². The molecule has 0 spiro atoms. The lowest BCUT2D eigenvalue weighted by atomic mass is 10.1. The van der Waals surface area contributed by atoms with E-state index in [0.717, 1.165) is 27.7 Å². The predicted molar refractivity (Wildman–Crippen MR) is 83.7 cm³/mol. The Morgan fingerprint density at radius 1 is 1.18 bits per heavy atom. The van der Waals surface area contributed by atoms with Gasteiger partial charge in [0.2, 0.25) is 0 Å². The fourth-order valence-corrected chi connectivity index (χ4v) is 2.74. The SMILES string of the molecule is Cc1ccc2[nH]nc(C(=O)Nc3ccc4c(c3)COC4)c2c1. The predicted octanol–water partition coefficient (Wildman–Crippen LogP) is 3.15. The first-order valence-electron chi connectivity index (χ1n) is 7.16. The third-order valence-electron chi connectivity index (χ3n) is 3.91. The Balaban J connectivity index is 1.65. The molecule has 2 heterocycles. The standard InChI is InChI=1S/C17H15N3O2/c1-10-2-5-15-14(6-10)16(20-19-15)17(21)18-13-4-3-11-8-22-9-12(11)7-13/h2-7H,8-9H2,1H3,(H,18,21)(H,19,20). The van der Waals surface area contributed by atoms with Crippen molar-refractivity contribution in [2.24, 2.45) is 0 Å². The zero-order valence-corrected chi connectivity index (χ0v) is 12.1. The summed E-state index contributed by atoms with van der Waals surface area (Å²) in [7, 11) is 0. The van der Waals surface area contributed by atoms with Crippen LogP contribution in [0.15, 0.2) is 36.4 Å². The van der Waals surface area contributed by atoms with Gasteiger partial charge in [-0.15, -0.1) is 0 Å². The quantitative estimate of drug-likeness (QED) is 0.762. The van der Waals surface area contributed by atoms with Gasteiger partial charge in [0, 0.05) is 11.1 Å². The Bertz CT molecular complexity index is 883. The van der Waals surface area contributed by atoms with Gasteiger partial charge in [0.25, 0.3) is 5.91 Å². The number of rotatable bonds is 2. The minimum Gasteiger partial charge on any atom is -0.372 e. The molecule has 0 bridgehead atoms. The largest absolute Gasteiger partial charge is 0.372 e. The van der Waals surface area contributed by atoms with Crippen LogP contribution in [0.4, 0.5) is 5.69 Å². The van der Waals surface area contributed by atoms with Gasteiger partial charge in [-0.1, -0.05) is 17.7 Å². The molecule has 1 aliphatic rings. The summed E-state index contributed by atoms with van der Waals surface area (Å²) in [4.78, 5) is 12.5. The van der Waals surface area contributed by atoms with E-state index in [1.54, 1.807) is 0 Å². The lowest BCUT2D eigenvalue weighted by molar-refractivity contribution is 0.102. The van der Waals surface area contributed by atoms with Crippen molar-refractivity contribution in [2.75, 3.05) is 5.32 Å². The van der Waals surface area contributed by atoms with Crippen molar-refractivity contribution in [1.82, 2.24) is 10.2 Å². The number of anilines is 1. The number of aromatic amines is 1. The van der Waals surface area contributed by atoms with Crippen molar-refractivity contribution in [3.63, 3.8) is 0 Å². The number of H-pyrrole nitrogens is 1. The van der Waals surface area contributed by atoms with Crippen LogP contribution in [0.5, 0.6) is 0 Å². The van der Waals surface area contributed by atoms with Crippen LogP contribution in [-0.4, -0.2) is 16.1 Å². The van der Waals surface area contributed by atoms with Crippen LogP contribution in [0, 0.1) is 6.92 Å². The first-order chi connectivity index (χ1) is 10.7. The van der Waals surface area contributed by atoms with E-state index < -0.39 is 0 Å². The second-order valence-corrected chi connectivity index (χ2v) is 5.55. The van der Waals surface area contributed by atoms with Crippen molar-refractivity contribution in [1.29, 1.82) is 0 Å². The second-order valence-electron chi connectivity index (χ2n) is 5.55. The van der Waals surface area contributed by atoms with Gasteiger partial charge in [0.05, 0.1) is 18.7 Å². The topological polar surface area (TPSA) is 67.0 Å². The van der Waals surface area contributed by atoms with E-state index in [2.05, 4.69) is 15.5 Å². The molecule has 0 fully saturated rings. The average Bonchev–Trinajstić information content (AvgIpc) is 3.12. The molecule has 5 heteroatoms. The van der Waals surface area contributed by atoms with Crippen LogP contribution in [0.1, 0.15) is 27.2 Å². The number of hydrogen-bond donors (Lipinski definition) is 2. The molecule has 22 heavy (non-hydrogen) atoms. The van der Waals surface area contributed by atoms with Crippen LogP contribution in [0.3, 0.4) is 0 Å². The van der Waals surface area contributed by atoms with Crippen molar-refractivity contribution in [3.8, 4) is 0 Å².